The summed E-state index contributed by atoms with van der Waals surface area (Å²) in [4.78, 5) is 11.5. The molecule has 3 heteroatoms. The molecule has 0 saturated carbocycles. The van der Waals surface area contributed by atoms with Gasteiger partial charge in [-0.05, 0) is 50.2 Å². The Hall–Kier alpha value is -2.13. The minimum Gasteiger partial charge on any atom is -0.496 e. The fourth-order valence-corrected chi connectivity index (χ4v) is 3.93. The molecule has 0 spiro atoms. The van der Waals surface area contributed by atoms with Gasteiger partial charge in [-0.25, -0.2) is 0 Å². The molecule has 1 N–H and O–H groups in total. The van der Waals surface area contributed by atoms with Gasteiger partial charge in [0.05, 0.1) is 13.2 Å². The van der Waals surface area contributed by atoms with Crippen LogP contribution < -0.4 is 10.1 Å². The van der Waals surface area contributed by atoms with E-state index in [0.29, 0.717) is 12.5 Å². The Labute approximate surface area is 190 Å². The van der Waals surface area contributed by atoms with Crippen LogP contribution in [0.4, 0.5) is 0 Å². The summed E-state index contributed by atoms with van der Waals surface area (Å²) in [6, 6.07) is 16.8. The third-order valence-electron chi connectivity index (χ3n) is 5.63. The van der Waals surface area contributed by atoms with Crippen molar-refractivity contribution < 1.29 is 9.53 Å². The molecule has 0 bridgehead atoms. The Morgan fingerprint density at radius 2 is 1.55 bits per heavy atom. The first-order valence-corrected chi connectivity index (χ1v) is 11.8. The van der Waals surface area contributed by atoms with Crippen LogP contribution in [0, 0.1) is 12.8 Å². The number of para-hydroxylation sites is 1. The average Bonchev–Trinajstić information content (AvgIpc) is 2.74. The molecule has 2 aromatic carbocycles. The van der Waals surface area contributed by atoms with Crippen LogP contribution in [0.5, 0.6) is 5.75 Å². The first-order chi connectivity index (χ1) is 14.8. The molecule has 0 radical (unpaired) electrons. The lowest BCUT2D eigenvalue weighted by Gasteiger charge is -2.20. The fraction of sp³-hybridized carbons (Fsp3) is 0.536. The molecule has 0 amide bonds. The molecule has 0 aliphatic heterocycles. The van der Waals surface area contributed by atoms with E-state index < -0.39 is 0 Å². The zero-order valence-electron chi connectivity index (χ0n) is 20.7. The predicted molar refractivity (Wildman–Crippen MR) is 133 cm³/mol. The molecule has 1 atom stereocenters. The van der Waals surface area contributed by atoms with Gasteiger partial charge in [0, 0.05) is 12.1 Å². The van der Waals surface area contributed by atoms with E-state index in [1.807, 2.05) is 38.1 Å². The Morgan fingerprint density at radius 1 is 0.968 bits per heavy atom. The summed E-state index contributed by atoms with van der Waals surface area (Å²) in [6.07, 6.45) is 5.24. The molecule has 0 fully saturated rings. The lowest BCUT2D eigenvalue weighted by atomic mass is 9.90. The maximum absolute atomic E-state index is 11.5. The number of hydrogen-bond acceptors (Lipinski definition) is 3. The van der Waals surface area contributed by atoms with E-state index in [1.165, 1.54) is 36.8 Å². The Kier molecular flexibility index (Phi) is 12.8. The summed E-state index contributed by atoms with van der Waals surface area (Å²) in [6.45, 7) is 13.1. The highest BCUT2D eigenvalue weighted by atomic mass is 16.5. The summed E-state index contributed by atoms with van der Waals surface area (Å²) in [7, 11) is 1.66. The lowest BCUT2D eigenvalue weighted by Crippen LogP contribution is -2.39. The molecule has 0 aromatic heterocycles. The molecule has 0 aliphatic carbocycles. The SMILES string of the molecule is CCCC(CCC)c1ccc(C)cc1.COc1ccccc1CNC(C(C)=O)C(C)C. The van der Waals surface area contributed by atoms with Gasteiger partial charge < -0.3 is 10.1 Å². The van der Waals surface area contributed by atoms with Gasteiger partial charge in [-0.1, -0.05) is 88.6 Å². The van der Waals surface area contributed by atoms with Gasteiger partial charge >= 0.3 is 0 Å². The third kappa shape index (κ3) is 9.69. The van der Waals surface area contributed by atoms with E-state index in [-0.39, 0.29) is 11.8 Å². The van der Waals surface area contributed by atoms with Crippen molar-refractivity contribution in [2.45, 2.75) is 85.7 Å². The number of methoxy groups -OCH3 is 1. The van der Waals surface area contributed by atoms with E-state index >= 15 is 0 Å². The quantitative estimate of drug-likeness (QED) is 0.418. The monoisotopic (exact) mass is 425 g/mol. The second-order valence-electron chi connectivity index (χ2n) is 8.71. The third-order valence-corrected chi connectivity index (χ3v) is 5.63. The van der Waals surface area contributed by atoms with Crippen molar-refractivity contribution in [3.63, 3.8) is 0 Å². The van der Waals surface area contributed by atoms with Crippen LogP contribution in [0.25, 0.3) is 0 Å². The molecule has 1 unspecified atom stereocenters. The van der Waals surface area contributed by atoms with Crippen LogP contribution in [0.15, 0.2) is 48.5 Å². The maximum atomic E-state index is 11.5. The Bertz CT molecular complexity index is 746. The highest BCUT2D eigenvalue weighted by Gasteiger charge is 2.17. The van der Waals surface area contributed by atoms with Crippen LogP contribution in [-0.2, 0) is 11.3 Å². The number of carbonyl (C=O) groups excluding carboxylic acids is 1. The van der Waals surface area contributed by atoms with Crippen LogP contribution >= 0.6 is 0 Å². The first kappa shape index (κ1) is 26.9. The van der Waals surface area contributed by atoms with Crippen molar-refractivity contribution in [1.82, 2.24) is 5.32 Å². The van der Waals surface area contributed by atoms with Crippen LogP contribution in [0.3, 0.4) is 0 Å². The van der Waals surface area contributed by atoms with Gasteiger partial charge in [-0.15, -0.1) is 0 Å². The van der Waals surface area contributed by atoms with Gasteiger partial charge in [-0.2, -0.15) is 0 Å². The molecule has 2 rings (SSSR count). The number of rotatable bonds is 11. The van der Waals surface area contributed by atoms with Crippen LogP contribution in [0.1, 0.15) is 82.9 Å². The van der Waals surface area contributed by atoms with E-state index in [1.54, 1.807) is 14.0 Å². The topological polar surface area (TPSA) is 38.3 Å². The van der Waals surface area contributed by atoms with Crippen molar-refractivity contribution >= 4 is 5.78 Å². The molecular formula is C28H43NO2. The normalized spacial score (nSPS) is 11.8. The van der Waals surface area contributed by atoms with E-state index in [4.69, 9.17) is 4.74 Å². The van der Waals surface area contributed by atoms with Crippen LogP contribution in [0.2, 0.25) is 0 Å². The smallest absolute Gasteiger partial charge is 0.146 e. The van der Waals surface area contributed by atoms with Gasteiger partial charge in [0.15, 0.2) is 0 Å². The average molecular weight is 426 g/mol. The standard InChI is InChI=1S/C14H21NO2.C14H22/c1-10(2)14(11(3)16)15-9-12-7-5-6-8-13(12)17-4;1-4-6-13(7-5-2)14-10-8-12(3)9-11-14/h5-8,10,14-15H,9H2,1-4H3;8-11,13H,4-7H2,1-3H3. The van der Waals surface area contributed by atoms with E-state index in [0.717, 1.165) is 17.2 Å². The first-order valence-electron chi connectivity index (χ1n) is 11.8. The van der Waals surface area contributed by atoms with Crippen molar-refractivity contribution in [1.29, 1.82) is 0 Å². The minimum absolute atomic E-state index is 0.0973. The number of hydrogen-bond donors (Lipinski definition) is 1. The summed E-state index contributed by atoms with van der Waals surface area (Å²) < 4.78 is 5.27. The van der Waals surface area contributed by atoms with Crippen molar-refractivity contribution in [2.24, 2.45) is 5.92 Å². The summed E-state index contributed by atoms with van der Waals surface area (Å²) in [5, 5.41) is 3.28. The molecule has 2 aromatic rings. The molecule has 172 valence electrons. The number of aryl methyl sites for hydroxylation is 1. The van der Waals surface area contributed by atoms with Crippen molar-refractivity contribution in [2.75, 3.05) is 7.11 Å². The Morgan fingerprint density at radius 3 is 2.03 bits per heavy atom. The highest BCUT2D eigenvalue weighted by molar-refractivity contribution is 5.81. The second kappa shape index (κ2) is 14.8. The zero-order valence-corrected chi connectivity index (χ0v) is 20.7. The lowest BCUT2D eigenvalue weighted by molar-refractivity contribution is -0.120. The van der Waals surface area contributed by atoms with E-state index in [9.17, 15) is 4.79 Å². The maximum Gasteiger partial charge on any atom is 0.146 e. The van der Waals surface area contributed by atoms with Crippen molar-refractivity contribution in [3.05, 3.63) is 65.2 Å². The molecule has 0 aliphatic rings. The summed E-state index contributed by atoms with van der Waals surface area (Å²) in [5.74, 6) is 2.11. The summed E-state index contributed by atoms with van der Waals surface area (Å²) in [5.41, 5.74) is 3.96. The molecule has 0 heterocycles. The van der Waals surface area contributed by atoms with Gasteiger partial charge in [0.25, 0.3) is 0 Å². The zero-order chi connectivity index (χ0) is 23.2. The van der Waals surface area contributed by atoms with Crippen molar-refractivity contribution in [3.8, 4) is 5.75 Å². The number of ketones is 1. The second-order valence-corrected chi connectivity index (χ2v) is 8.71. The number of ether oxygens (including phenoxy) is 1. The fourth-order valence-electron chi connectivity index (χ4n) is 3.93. The van der Waals surface area contributed by atoms with Crippen LogP contribution in [-0.4, -0.2) is 18.9 Å². The largest absolute Gasteiger partial charge is 0.496 e. The van der Waals surface area contributed by atoms with Gasteiger partial charge in [-0.3, -0.25) is 4.79 Å². The predicted octanol–water partition coefficient (Wildman–Crippen LogP) is 7.08. The number of nitrogens with one attached hydrogen (secondary N) is 1. The molecular weight excluding hydrogens is 382 g/mol. The number of carbonyl (C=O) groups is 1. The minimum atomic E-state index is -0.0973. The molecule has 31 heavy (non-hydrogen) atoms. The van der Waals surface area contributed by atoms with Gasteiger partial charge in [0.1, 0.15) is 11.5 Å². The Balaban J connectivity index is 0.000000316. The number of Topliss-reactive ketones (excluding diaryl/α,β-unsaturated/α-hetero) is 1. The summed E-state index contributed by atoms with van der Waals surface area (Å²) >= 11 is 0. The van der Waals surface area contributed by atoms with Gasteiger partial charge in [0.2, 0.25) is 0 Å². The highest BCUT2D eigenvalue weighted by Crippen LogP contribution is 2.26. The van der Waals surface area contributed by atoms with E-state index in [2.05, 4.69) is 50.4 Å². The number of benzene rings is 2. The molecule has 3 nitrogen and oxygen atoms in total. The molecule has 0 saturated heterocycles.